The first-order chi connectivity index (χ1) is 17.8. The van der Waals surface area contributed by atoms with Gasteiger partial charge in [-0.15, -0.1) is 0 Å². The minimum atomic E-state index is -0.135. The van der Waals surface area contributed by atoms with Gasteiger partial charge in [-0.1, -0.05) is 45.0 Å². The second kappa shape index (κ2) is 10.8. The molecule has 3 heterocycles. The van der Waals surface area contributed by atoms with Crippen LogP contribution in [0.4, 0.5) is 5.95 Å². The summed E-state index contributed by atoms with van der Waals surface area (Å²) < 4.78 is 1.64. The fraction of sp³-hybridized carbons (Fsp3) is 0.533. The fourth-order valence-electron chi connectivity index (χ4n) is 4.97. The van der Waals surface area contributed by atoms with E-state index in [0.29, 0.717) is 23.5 Å². The summed E-state index contributed by atoms with van der Waals surface area (Å²) in [4.78, 5) is 26.9. The molecule has 3 aromatic rings. The number of pyridine rings is 1. The summed E-state index contributed by atoms with van der Waals surface area (Å²) in [5.41, 5.74) is 3.11. The van der Waals surface area contributed by atoms with Gasteiger partial charge in [0.05, 0.1) is 11.4 Å². The predicted octanol–water partition coefficient (Wildman–Crippen LogP) is 4.80. The van der Waals surface area contributed by atoms with Crippen LogP contribution in [-0.2, 0) is 13.1 Å². The van der Waals surface area contributed by atoms with Crippen molar-refractivity contribution in [1.82, 2.24) is 24.3 Å². The van der Waals surface area contributed by atoms with Crippen LogP contribution in [0.5, 0.6) is 0 Å². The minimum absolute atomic E-state index is 0.0742. The van der Waals surface area contributed by atoms with Crippen LogP contribution in [0.25, 0.3) is 11.0 Å². The molecule has 1 atom stereocenters. The average molecular weight is 516 g/mol. The summed E-state index contributed by atoms with van der Waals surface area (Å²) in [5.74, 6) is 0.343. The Labute approximate surface area is 226 Å². The Hall–Kier alpha value is -3.28. The number of piperazine rings is 1. The Morgan fingerprint density at radius 2 is 1.63 bits per heavy atom. The van der Waals surface area contributed by atoms with Gasteiger partial charge in [0.25, 0.3) is 5.56 Å². The molecule has 0 bridgehead atoms. The van der Waals surface area contributed by atoms with Crippen LogP contribution in [-0.4, -0.2) is 56.1 Å². The Morgan fingerprint density at radius 1 is 0.974 bits per heavy atom. The van der Waals surface area contributed by atoms with Crippen LogP contribution >= 0.6 is 0 Å². The highest BCUT2D eigenvalue weighted by molar-refractivity contribution is 5.81. The van der Waals surface area contributed by atoms with E-state index in [4.69, 9.17) is 4.98 Å². The average Bonchev–Trinajstić information content (AvgIpc) is 2.85. The van der Waals surface area contributed by atoms with Crippen LogP contribution < -0.4 is 10.9 Å². The summed E-state index contributed by atoms with van der Waals surface area (Å²) >= 11 is 0. The van der Waals surface area contributed by atoms with E-state index >= 15 is 0 Å². The van der Waals surface area contributed by atoms with Gasteiger partial charge in [0.2, 0.25) is 5.95 Å². The van der Waals surface area contributed by atoms with Gasteiger partial charge in [-0.05, 0) is 50.3 Å². The van der Waals surface area contributed by atoms with Gasteiger partial charge < -0.3 is 5.32 Å². The van der Waals surface area contributed by atoms with Gasteiger partial charge in [-0.25, -0.2) is 4.98 Å². The number of nitriles is 1. The van der Waals surface area contributed by atoms with Crippen LogP contribution in [0.2, 0.25) is 0 Å². The molecule has 0 radical (unpaired) electrons. The molecule has 1 aromatic carbocycles. The number of hydrogen-bond donors (Lipinski definition) is 1. The molecule has 4 rings (SSSR count). The van der Waals surface area contributed by atoms with E-state index in [0.717, 1.165) is 38.3 Å². The van der Waals surface area contributed by atoms with Gasteiger partial charge >= 0.3 is 0 Å². The third-order valence-electron chi connectivity index (χ3n) is 7.13. The fourth-order valence-corrected chi connectivity index (χ4v) is 4.97. The smallest absolute Gasteiger partial charge is 0.252 e. The predicted molar refractivity (Wildman–Crippen MR) is 153 cm³/mol. The molecule has 8 nitrogen and oxygen atoms in total. The van der Waals surface area contributed by atoms with E-state index in [2.05, 4.69) is 92.0 Å². The normalized spacial score (nSPS) is 16.4. The number of aromatic nitrogens is 3. The highest BCUT2D eigenvalue weighted by atomic mass is 16.1. The number of fused-ring (bicyclic) bond motifs is 1. The first-order valence-electron chi connectivity index (χ1n) is 13.5. The van der Waals surface area contributed by atoms with E-state index in [1.54, 1.807) is 10.6 Å². The molecule has 2 aromatic heterocycles. The molecular weight excluding hydrogens is 474 g/mol. The Bertz CT molecular complexity index is 1370. The standard InChI is InChI=1S/C30H41N7O/c1-21(23-10-8-22(9-11-23)19-35-14-16-36(17-15-35)30(5,6)7)32-28-33-25(18-31)24-12-13-26(38)37(27(24)34-28)20-29(2,3)4/h8-13,21H,14-17,19-20H2,1-7H3,(H,32,33,34)/t21-/m0/s1. The lowest BCUT2D eigenvalue weighted by molar-refractivity contribution is 0.0591. The summed E-state index contributed by atoms with van der Waals surface area (Å²) in [5, 5.41) is 13.7. The van der Waals surface area contributed by atoms with E-state index in [1.165, 1.54) is 11.6 Å². The molecule has 0 spiro atoms. The van der Waals surface area contributed by atoms with Crippen molar-refractivity contribution in [3.63, 3.8) is 0 Å². The van der Waals surface area contributed by atoms with E-state index < -0.39 is 0 Å². The SMILES string of the molecule is C[C@H](Nc1nc(C#N)c2ccc(=O)n(CC(C)(C)C)c2n1)c1ccc(CN2CCN(C(C)(C)C)CC2)cc1. The van der Waals surface area contributed by atoms with E-state index in [9.17, 15) is 10.1 Å². The topological polar surface area (TPSA) is 90.1 Å². The molecule has 1 aliphatic rings. The van der Waals surface area contributed by atoms with Gasteiger partial charge in [0.1, 0.15) is 11.7 Å². The number of anilines is 1. The molecular formula is C30H41N7O. The molecule has 1 saturated heterocycles. The summed E-state index contributed by atoms with van der Waals surface area (Å²) in [6.45, 7) is 20.9. The zero-order valence-electron chi connectivity index (χ0n) is 23.9. The zero-order chi connectivity index (χ0) is 27.7. The molecule has 0 saturated carbocycles. The van der Waals surface area contributed by atoms with Crippen molar-refractivity contribution in [2.24, 2.45) is 5.41 Å². The van der Waals surface area contributed by atoms with Crippen molar-refractivity contribution >= 4 is 17.0 Å². The van der Waals surface area contributed by atoms with Gasteiger partial charge in [0, 0.05) is 50.9 Å². The number of nitrogens with one attached hydrogen (secondary N) is 1. The Balaban J connectivity index is 1.49. The molecule has 0 amide bonds. The molecule has 0 unspecified atom stereocenters. The van der Waals surface area contributed by atoms with Crippen molar-refractivity contribution in [3.05, 3.63) is 63.6 Å². The third kappa shape index (κ3) is 6.58. The van der Waals surface area contributed by atoms with Crippen molar-refractivity contribution in [1.29, 1.82) is 5.26 Å². The van der Waals surface area contributed by atoms with Crippen LogP contribution in [0.3, 0.4) is 0 Å². The number of rotatable bonds is 6. The Kier molecular flexibility index (Phi) is 7.91. The lowest BCUT2D eigenvalue weighted by Gasteiger charge is -2.42. The lowest BCUT2D eigenvalue weighted by atomic mass is 9.96. The largest absolute Gasteiger partial charge is 0.348 e. The van der Waals surface area contributed by atoms with E-state index in [1.807, 2.05) is 6.92 Å². The highest BCUT2D eigenvalue weighted by Crippen LogP contribution is 2.24. The molecule has 38 heavy (non-hydrogen) atoms. The number of nitrogens with zero attached hydrogens (tertiary/aromatic N) is 6. The summed E-state index contributed by atoms with van der Waals surface area (Å²) in [6, 6.07) is 13.9. The Morgan fingerprint density at radius 3 is 2.21 bits per heavy atom. The van der Waals surface area contributed by atoms with Crippen LogP contribution in [0.15, 0.2) is 41.2 Å². The molecule has 1 N–H and O–H groups in total. The van der Waals surface area contributed by atoms with Gasteiger partial charge in [0.15, 0.2) is 5.69 Å². The number of benzene rings is 1. The first-order valence-corrected chi connectivity index (χ1v) is 13.5. The maximum atomic E-state index is 12.7. The zero-order valence-corrected chi connectivity index (χ0v) is 23.9. The van der Waals surface area contributed by atoms with Gasteiger partial charge in [-0.2, -0.15) is 10.2 Å². The summed E-state index contributed by atoms with van der Waals surface area (Å²) in [7, 11) is 0. The minimum Gasteiger partial charge on any atom is -0.348 e. The highest BCUT2D eigenvalue weighted by Gasteiger charge is 2.25. The van der Waals surface area contributed by atoms with Crippen LogP contribution in [0, 0.1) is 16.7 Å². The lowest BCUT2D eigenvalue weighted by Crippen LogP contribution is -2.53. The second-order valence-corrected chi connectivity index (χ2v) is 12.6. The van der Waals surface area contributed by atoms with Crippen molar-refractivity contribution in [2.75, 3.05) is 31.5 Å². The number of hydrogen-bond acceptors (Lipinski definition) is 7. The first kappa shape index (κ1) is 27.7. The van der Waals surface area contributed by atoms with Crippen LogP contribution in [0.1, 0.15) is 71.3 Å². The molecule has 8 heteroatoms. The van der Waals surface area contributed by atoms with Crippen molar-refractivity contribution in [2.45, 2.75) is 73.1 Å². The van der Waals surface area contributed by atoms with Crippen molar-refractivity contribution < 1.29 is 0 Å². The maximum Gasteiger partial charge on any atom is 0.252 e. The quantitative estimate of drug-likeness (QED) is 0.504. The molecule has 1 fully saturated rings. The van der Waals surface area contributed by atoms with Gasteiger partial charge in [-0.3, -0.25) is 19.2 Å². The molecule has 202 valence electrons. The molecule has 1 aliphatic heterocycles. The monoisotopic (exact) mass is 515 g/mol. The summed E-state index contributed by atoms with van der Waals surface area (Å²) in [6.07, 6.45) is 0. The third-order valence-corrected chi connectivity index (χ3v) is 7.13. The molecule has 0 aliphatic carbocycles. The van der Waals surface area contributed by atoms with Crippen molar-refractivity contribution in [3.8, 4) is 6.07 Å². The van der Waals surface area contributed by atoms with E-state index in [-0.39, 0.29) is 28.2 Å². The maximum absolute atomic E-state index is 12.7. The second-order valence-electron chi connectivity index (χ2n) is 12.6.